The van der Waals surface area contributed by atoms with Crippen LogP contribution in [0.15, 0.2) is 34.9 Å². The van der Waals surface area contributed by atoms with Crippen molar-refractivity contribution < 1.29 is 14.7 Å². The van der Waals surface area contributed by atoms with Crippen LogP contribution in [0.4, 0.5) is 0 Å². The van der Waals surface area contributed by atoms with Crippen LogP contribution in [0.3, 0.4) is 0 Å². The summed E-state index contributed by atoms with van der Waals surface area (Å²) in [5.41, 5.74) is 10.8. The Hall–Kier alpha value is -1.73. The molecule has 1 fully saturated rings. The van der Waals surface area contributed by atoms with Gasteiger partial charge in [-0.25, -0.2) is 0 Å². The van der Waals surface area contributed by atoms with E-state index in [0.29, 0.717) is 18.8 Å². The van der Waals surface area contributed by atoms with Crippen LogP contribution in [-0.2, 0) is 9.59 Å². The van der Waals surface area contributed by atoms with Gasteiger partial charge >= 0.3 is 0 Å². The van der Waals surface area contributed by atoms with Crippen molar-refractivity contribution in [1.29, 1.82) is 0 Å². The molecule has 0 radical (unpaired) electrons. The van der Waals surface area contributed by atoms with E-state index >= 15 is 0 Å². The molecule has 0 aromatic rings. The van der Waals surface area contributed by atoms with Gasteiger partial charge in [0.15, 0.2) is 0 Å². The van der Waals surface area contributed by atoms with Crippen molar-refractivity contribution in [2.45, 2.75) is 51.2 Å². The third-order valence-electron chi connectivity index (χ3n) is 5.33. The van der Waals surface area contributed by atoms with Gasteiger partial charge in [-0.15, -0.1) is 12.6 Å². The van der Waals surface area contributed by atoms with E-state index in [0.717, 1.165) is 12.0 Å². The zero-order chi connectivity index (χ0) is 19.5. The lowest BCUT2D eigenvalue weighted by molar-refractivity contribution is -0.121. The maximum atomic E-state index is 12.3. The smallest absolute Gasteiger partial charge is 0.267 e. The van der Waals surface area contributed by atoms with E-state index in [1.54, 1.807) is 6.92 Å². The van der Waals surface area contributed by atoms with Gasteiger partial charge in [-0.2, -0.15) is 0 Å². The van der Waals surface area contributed by atoms with Crippen molar-refractivity contribution in [3.05, 3.63) is 34.9 Å². The molecule has 2 rings (SSSR count). The van der Waals surface area contributed by atoms with E-state index in [1.807, 2.05) is 6.08 Å². The summed E-state index contributed by atoms with van der Waals surface area (Å²) in [6.45, 7) is 3.83. The Morgan fingerprint density at radius 1 is 1.50 bits per heavy atom. The van der Waals surface area contributed by atoms with Crippen LogP contribution in [-0.4, -0.2) is 28.6 Å². The molecule has 2 aliphatic carbocycles. The van der Waals surface area contributed by atoms with E-state index in [4.69, 9.17) is 11.5 Å². The minimum atomic E-state index is -1.18. The van der Waals surface area contributed by atoms with Crippen LogP contribution in [0, 0.1) is 17.8 Å². The van der Waals surface area contributed by atoms with E-state index in [1.165, 1.54) is 5.41 Å². The van der Waals surface area contributed by atoms with Gasteiger partial charge in [0.25, 0.3) is 5.91 Å². The lowest BCUT2D eigenvalue weighted by Crippen LogP contribution is -2.53. The molecule has 1 saturated carbocycles. The van der Waals surface area contributed by atoms with Gasteiger partial charge in [-0.05, 0) is 54.9 Å². The first-order chi connectivity index (χ1) is 12.1. The fraction of sp³-hybridized carbons (Fsp3) is 0.579. The number of primary amides is 1. The number of carbonyl (C=O) groups excluding carboxylic acids is 2. The van der Waals surface area contributed by atoms with Crippen LogP contribution >= 0.6 is 12.6 Å². The van der Waals surface area contributed by atoms with Gasteiger partial charge in [-0.3, -0.25) is 9.59 Å². The topological polar surface area (TPSA) is 118 Å². The first-order valence-electron chi connectivity index (χ1n) is 8.93. The van der Waals surface area contributed by atoms with Crippen LogP contribution in [0.5, 0.6) is 0 Å². The molecular weight excluding hydrogens is 350 g/mol. The van der Waals surface area contributed by atoms with Crippen molar-refractivity contribution in [3.8, 4) is 0 Å². The van der Waals surface area contributed by atoms with Crippen molar-refractivity contribution in [3.63, 3.8) is 0 Å². The zero-order valence-corrected chi connectivity index (χ0v) is 16.2. The number of nitrogens with one attached hydrogen (secondary N) is 1. The first-order valence-corrected chi connectivity index (χ1v) is 9.45. The minimum Gasteiger partial charge on any atom is -0.394 e. The minimum absolute atomic E-state index is 0.0137. The fourth-order valence-corrected chi connectivity index (χ4v) is 3.82. The molecule has 2 amide bonds. The summed E-state index contributed by atoms with van der Waals surface area (Å²) in [6.07, 6.45) is 8.71. The quantitative estimate of drug-likeness (QED) is 0.323. The SMILES string of the molecule is CC1C=C(CC(NC(=O)/C(N)=C/S)C(C)(O)C2CC2CC(N)=O)C=CC1. The molecule has 0 aliphatic heterocycles. The summed E-state index contributed by atoms with van der Waals surface area (Å²) in [4.78, 5) is 23.4. The molecule has 0 heterocycles. The number of aliphatic hydroxyl groups is 1. The van der Waals surface area contributed by atoms with Gasteiger partial charge in [0.1, 0.15) is 5.70 Å². The van der Waals surface area contributed by atoms with Crippen LogP contribution in [0.2, 0.25) is 0 Å². The number of nitrogens with two attached hydrogens (primary N) is 2. The predicted octanol–water partition coefficient (Wildman–Crippen LogP) is 1.38. The molecule has 0 aromatic carbocycles. The molecule has 6 N–H and O–H groups in total. The van der Waals surface area contributed by atoms with Crippen molar-refractivity contribution >= 4 is 24.4 Å². The third kappa shape index (κ3) is 5.14. The molecule has 5 atom stereocenters. The van der Waals surface area contributed by atoms with Gasteiger partial charge in [0.2, 0.25) is 5.91 Å². The molecule has 5 unspecified atom stereocenters. The zero-order valence-electron chi connectivity index (χ0n) is 15.3. The number of amides is 2. The maximum Gasteiger partial charge on any atom is 0.267 e. The highest BCUT2D eigenvalue weighted by Gasteiger charge is 2.53. The maximum absolute atomic E-state index is 12.3. The lowest BCUT2D eigenvalue weighted by Gasteiger charge is -2.35. The Morgan fingerprint density at radius 2 is 2.19 bits per heavy atom. The molecule has 0 saturated heterocycles. The Morgan fingerprint density at radius 3 is 2.77 bits per heavy atom. The van der Waals surface area contributed by atoms with Crippen molar-refractivity contribution in [2.24, 2.45) is 29.2 Å². The van der Waals surface area contributed by atoms with Gasteiger partial charge in [0, 0.05) is 6.42 Å². The summed E-state index contributed by atoms with van der Waals surface area (Å²) in [5, 5.41) is 15.3. The van der Waals surface area contributed by atoms with E-state index in [2.05, 4.69) is 37.0 Å². The molecule has 0 spiro atoms. The summed E-state index contributed by atoms with van der Waals surface area (Å²) >= 11 is 3.91. The third-order valence-corrected chi connectivity index (χ3v) is 5.61. The van der Waals surface area contributed by atoms with Crippen molar-refractivity contribution in [2.75, 3.05) is 0 Å². The van der Waals surface area contributed by atoms with Gasteiger partial charge in [0.05, 0.1) is 11.6 Å². The second-order valence-corrected chi connectivity index (χ2v) is 7.93. The van der Waals surface area contributed by atoms with E-state index < -0.39 is 17.6 Å². The summed E-state index contributed by atoms with van der Waals surface area (Å²) in [5.74, 6) is -0.461. The second kappa shape index (κ2) is 8.31. The lowest BCUT2D eigenvalue weighted by atomic mass is 9.83. The molecule has 6 nitrogen and oxygen atoms in total. The highest BCUT2D eigenvalue weighted by molar-refractivity contribution is 7.83. The highest BCUT2D eigenvalue weighted by Crippen LogP contribution is 2.50. The summed E-state index contributed by atoms with van der Waals surface area (Å²) in [7, 11) is 0. The number of carbonyl (C=O) groups is 2. The summed E-state index contributed by atoms with van der Waals surface area (Å²) in [6, 6.07) is -0.536. The summed E-state index contributed by atoms with van der Waals surface area (Å²) < 4.78 is 0. The Balaban J connectivity index is 2.18. The fourth-order valence-electron chi connectivity index (χ4n) is 3.70. The molecule has 0 aromatic heterocycles. The van der Waals surface area contributed by atoms with Crippen molar-refractivity contribution in [1.82, 2.24) is 5.32 Å². The molecule has 26 heavy (non-hydrogen) atoms. The Kier molecular flexibility index (Phi) is 6.58. The first kappa shape index (κ1) is 20.6. The molecule has 7 heteroatoms. The Labute approximate surface area is 160 Å². The van der Waals surface area contributed by atoms with Crippen LogP contribution in [0.1, 0.15) is 39.5 Å². The number of hydrogen-bond donors (Lipinski definition) is 5. The average Bonchev–Trinajstić information content (AvgIpc) is 3.32. The highest BCUT2D eigenvalue weighted by atomic mass is 32.1. The van der Waals surface area contributed by atoms with Crippen LogP contribution < -0.4 is 16.8 Å². The second-order valence-electron chi connectivity index (χ2n) is 7.67. The molecule has 0 bridgehead atoms. The van der Waals surface area contributed by atoms with Crippen LogP contribution in [0.25, 0.3) is 0 Å². The van der Waals surface area contributed by atoms with E-state index in [9.17, 15) is 14.7 Å². The van der Waals surface area contributed by atoms with Gasteiger partial charge in [-0.1, -0.05) is 25.2 Å². The molecule has 2 aliphatic rings. The molecule has 144 valence electrons. The number of hydrogen-bond acceptors (Lipinski definition) is 5. The number of allylic oxidation sites excluding steroid dienone is 3. The standard InChI is InChI=1S/C19H29N3O3S/c1-11-4-3-5-12(6-11)7-16(22-18(24)15(20)10-26)19(2,25)14-8-13(14)9-17(21)23/h3,5-6,10-11,13-14,16,25-26H,4,7-9,20H2,1-2H3,(H2,21,23)(H,22,24)/b15-10-. The van der Waals surface area contributed by atoms with E-state index in [-0.39, 0.29) is 29.9 Å². The van der Waals surface area contributed by atoms with Gasteiger partial charge < -0.3 is 21.9 Å². The number of rotatable bonds is 8. The monoisotopic (exact) mass is 379 g/mol. The average molecular weight is 380 g/mol. The number of thiol groups is 1. The molecular formula is C19H29N3O3S. The Bertz CT molecular complexity index is 654. The normalized spacial score (nSPS) is 28.7. The largest absolute Gasteiger partial charge is 0.394 e. The predicted molar refractivity (Wildman–Crippen MR) is 105 cm³/mol.